The number of hydrogen-bond donors (Lipinski definition) is 1. The molecule has 0 spiro atoms. The smallest absolute Gasteiger partial charge is 0.269 e. The monoisotopic (exact) mass is 369 g/mol. The first-order valence-electron chi connectivity index (χ1n) is 8.21. The summed E-state index contributed by atoms with van der Waals surface area (Å²) in [7, 11) is 0. The minimum Gasteiger partial charge on any atom is -0.347 e. The maximum absolute atomic E-state index is 13.0. The Labute approximate surface area is 154 Å². The lowest BCUT2D eigenvalue weighted by atomic mass is 10.2. The molecule has 27 heavy (non-hydrogen) atoms. The van der Waals surface area contributed by atoms with E-state index in [-0.39, 0.29) is 35.8 Å². The molecular weight excluding hydrogens is 353 g/mol. The summed E-state index contributed by atoms with van der Waals surface area (Å²) < 4.78 is 13.0. The molecule has 7 nitrogen and oxygen atoms in total. The molecule has 1 fully saturated rings. The number of non-ortho nitro benzene ring substituents is 1. The van der Waals surface area contributed by atoms with Crippen molar-refractivity contribution in [3.63, 3.8) is 0 Å². The van der Waals surface area contributed by atoms with Gasteiger partial charge in [-0.05, 0) is 48.0 Å². The van der Waals surface area contributed by atoms with E-state index in [2.05, 4.69) is 5.32 Å². The summed E-state index contributed by atoms with van der Waals surface area (Å²) in [5.74, 6) is -0.898. The van der Waals surface area contributed by atoms with Crippen LogP contribution in [0.25, 0.3) is 6.08 Å². The molecule has 8 heteroatoms. The zero-order valence-corrected chi connectivity index (χ0v) is 14.2. The molecule has 3 rings (SSSR count). The van der Waals surface area contributed by atoms with Crippen molar-refractivity contribution < 1.29 is 18.9 Å². The molecule has 1 saturated heterocycles. The minimum atomic E-state index is -0.496. The number of nitro benzene ring substituents is 1. The van der Waals surface area contributed by atoms with Gasteiger partial charge in [0.05, 0.1) is 11.0 Å². The molecule has 0 radical (unpaired) electrons. The number of nitro groups is 1. The lowest BCUT2D eigenvalue weighted by Gasteiger charge is -2.16. The third-order valence-electron chi connectivity index (χ3n) is 4.14. The van der Waals surface area contributed by atoms with Crippen molar-refractivity contribution in [2.45, 2.75) is 12.5 Å². The Morgan fingerprint density at radius 1 is 1.19 bits per heavy atom. The number of benzene rings is 2. The first-order valence-corrected chi connectivity index (χ1v) is 8.21. The van der Waals surface area contributed by atoms with E-state index < -0.39 is 4.92 Å². The van der Waals surface area contributed by atoms with E-state index in [1.165, 1.54) is 65.6 Å². The van der Waals surface area contributed by atoms with Gasteiger partial charge in [-0.1, -0.05) is 0 Å². The summed E-state index contributed by atoms with van der Waals surface area (Å²) in [5, 5.41) is 13.4. The van der Waals surface area contributed by atoms with Gasteiger partial charge < -0.3 is 10.2 Å². The summed E-state index contributed by atoms with van der Waals surface area (Å²) >= 11 is 0. The van der Waals surface area contributed by atoms with Gasteiger partial charge >= 0.3 is 0 Å². The molecule has 138 valence electrons. The predicted octanol–water partition coefficient (Wildman–Crippen LogP) is 2.67. The molecule has 2 aromatic carbocycles. The fraction of sp³-hybridized carbons (Fsp3) is 0.158. The second-order valence-corrected chi connectivity index (χ2v) is 6.07. The van der Waals surface area contributed by atoms with Crippen LogP contribution in [0.5, 0.6) is 0 Å². The summed E-state index contributed by atoms with van der Waals surface area (Å²) in [4.78, 5) is 35.8. The molecule has 0 aliphatic carbocycles. The van der Waals surface area contributed by atoms with Crippen LogP contribution >= 0.6 is 0 Å². The van der Waals surface area contributed by atoms with Gasteiger partial charge in [0.25, 0.3) is 5.69 Å². The highest BCUT2D eigenvalue weighted by atomic mass is 19.1. The van der Waals surface area contributed by atoms with Gasteiger partial charge in [-0.15, -0.1) is 0 Å². The molecular formula is C19H16FN3O4. The van der Waals surface area contributed by atoms with E-state index in [4.69, 9.17) is 0 Å². The number of rotatable bonds is 5. The number of amides is 2. The van der Waals surface area contributed by atoms with Crippen LogP contribution in [0.4, 0.5) is 15.8 Å². The number of nitrogens with zero attached hydrogens (tertiary/aromatic N) is 2. The summed E-state index contributed by atoms with van der Waals surface area (Å²) in [6, 6.07) is 11.0. The molecule has 2 aromatic rings. The van der Waals surface area contributed by atoms with Crippen LogP contribution in [-0.4, -0.2) is 29.3 Å². The Morgan fingerprint density at radius 3 is 2.48 bits per heavy atom. The van der Waals surface area contributed by atoms with E-state index in [9.17, 15) is 24.1 Å². The zero-order valence-electron chi connectivity index (χ0n) is 14.2. The Bertz CT molecular complexity index is 894. The Morgan fingerprint density at radius 2 is 1.85 bits per heavy atom. The maximum Gasteiger partial charge on any atom is 0.269 e. The van der Waals surface area contributed by atoms with Gasteiger partial charge in [0.1, 0.15) is 5.82 Å². The van der Waals surface area contributed by atoms with E-state index in [0.29, 0.717) is 17.8 Å². The van der Waals surface area contributed by atoms with Crippen LogP contribution in [0.1, 0.15) is 12.0 Å². The summed E-state index contributed by atoms with van der Waals surface area (Å²) in [5.41, 5.74) is 1.20. The van der Waals surface area contributed by atoms with Crippen LogP contribution < -0.4 is 10.2 Å². The minimum absolute atomic E-state index is 0.0260. The lowest BCUT2D eigenvalue weighted by molar-refractivity contribution is -0.384. The number of nitrogens with one attached hydrogen (secondary N) is 1. The predicted molar refractivity (Wildman–Crippen MR) is 97.4 cm³/mol. The van der Waals surface area contributed by atoms with E-state index in [1.807, 2.05) is 0 Å². The SMILES string of the molecule is O=C(C=Cc1ccc([N+](=O)[O-])cc1)NC1CC(=O)N(c2ccc(F)cc2)C1. The third-order valence-corrected chi connectivity index (χ3v) is 4.14. The Balaban J connectivity index is 1.57. The van der Waals surface area contributed by atoms with Gasteiger partial charge in [-0.25, -0.2) is 4.39 Å². The summed E-state index contributed by atoms with van der Waals surface area (Å²) in [6.07, 6.45) is 3.01. The first-order chi connectivity index (χ1) is 12.9. The molecule has 1 aliphatic heterocycles. The van der Waals surface area contributed by atoms with Gasteiger partial charge in [-0.2, -0.15) is 0 Å². The zero-order chi connectivity index (χ0) is 19.4. The van der Waals surface area contributed by atoms with Crippen LogP contribution in [0, 0.1) is 15.9 Å². The second kappa shape index (κ2) is 7.77. The van der Waals surface area contributed by atoms with Crippen LogP contribution in [0.15, 0.2) is 54.6 Å². The highest BCUT2D eigenvalue weighted by Crippen LogP contribution is 2.22. The molecule has 1 N–H and O–H groups in total. The highest BCUT2D eigenvalue weighted by Gasteiger charge is 2.31. The number of anilines is 1. The number of carbonyl (C=O) groups excluding carboxylic acids is 2. The van der Waals surface area contributed by atoms with Gasteiger partial charge in [0, 0.05) is 36.9 Å². The van der Waals surface area contributed by atoms with E-state index in [0.717, 1.165) is 0 Å². The van der Waals surface area contributed by atoms with Crippen LogP contribution in [0.2, 0.25) is 0 Å². The van der Waals surface area contributed by atoms with Crippen molar-refractivity contribution in [3.8, 4) is 0 Å². The number of carbonyl (C=O) groups is 2. The average molecular weight is 369 g/mol. The molecule has 1 atom stereocenters. The maximum atomic E-state index is 13.0. The lowest BCUT2D eigenvalue weighted by Crippen LogP contribution is -2.36. The van der Waals surface area contributed by atoms with Crippen molar-refractivity contribution in [2.24, 2.45) is 0 Å². The number of hydrogen-bond acceptors (Lipinski definition) is 4. The first kappa shape index (κ1) is 18.2. The summed E-state index contributed by atoms with van der Waals surface area (Å²) in [6.45, 7) is 0.307. The quantitative estimate of drug-likeness (QED) is 0.498. The molecule has 0 saturated carbocycles. The van der Waals surface area contributed by atoms with Gasteiger partial charge in [-0.3, -0.25) is 19.7 Å². The average Bonchev–Trinajstić information content (AvgIpc) is 3.01. The topological polar surface area (TPSA) is 92.5 Å². The molecule has 1 heterocycles. The standard InChI is InChI=1S/C19H16FN3O4/c20-14-4-8-16(9-5-14)22-12-15(11-19(22)25)21-18(24)10-3-13-1-6-17(7-2-13)23(26)27/h1-10,15H,11-12H2,(H,21,24). The van der Waals surface area contributed by atoms with Crippen molar-refractivity contribution >= 4 is 29.3 Å². The molecule has 0 aromatic heterocycles. The normalized spacial score (nSPS) is 16.7. The second-order valence-electron chi connectivity index (χ2n) is 6.07. The van der Waals surface area contributed by atoms with Crippen molar-refractivity contribution in [1.82, 2.24) is 5.32 Å². The molecule has 1 unspecified atom stereocenters. The van der Waals surface area contributed by atoms with E-state index >= 15 is 0 Å². The van der Waals surface area contributed by atoms with Crippen molar-refractivity contribution in [2.75, 3.05) is 11.4 Å². The van der Waals surface area contributed by atoms with Crippen LogP contribution in [-0.2, 0) is 9.59 Å². The molecule has 0 bridgehead atoms. The fourth-order valence-electron chi connectivity index (χ4n) is 2.80. The fourth-order valence-corrected chi connectivity index (χ4v) is 2.80. The third kappa shape index (κ3) is 4.55. The van der Waals surface area contributed by atoms with Crippen molar-refractivity contribution in [1.29, 1.82) is 0 Å². The molecule has 1 aliphatic rings. The Kier molecular flexibility index (Phi) is 5.25. The van der Waals surface area contributed by atoms with Gasteiger partial charge in [0.2, 0.25) is 11.8 Å². The Hall–Kier alpha value is -3.55. The number of halogens is 1. The molecule has 2 amide bonds. The van der Waals surface area contributed by atoms with Gasteiger partial charge in [0.15, 0.2) is 0 Å². The van der Waals surface area contributed by atoms with E-state index in [1.54, 1.807) is 0 Å². The highest BCUT2D eigenvalue weighted by molar-refractivity contribution is 5.98. The largest absolute Gasteiger partial charge is 0.347 e. The van der Waals surface area contributed by atoms with Crippen LogP contribution in [0.3, 0.4) is 0 Å². The van der Waals surface area contributed by atoms with Crippen molar-refractivity contribution in [3.05, 3.63) is 76.1 Å².